The number of piperidine rings is 1. The van der Waals surface area contributed by atoms with Gasteiger partial charge in [0.2, 0.25) is 5.95 Å². The number of aryl methyl sites for hydroxylation is 1. The van der Waals surface area contributed by atoms with E-state index in [1.165, 1.54) is 6.42 Å². The number of carbonyl (C=O) groups is 1. The molecule has 5 rings (SSSR count). The highest BCUT2D eigenvalue weighted by Crippen LogP contribution is 2.50. The Morgan fingerprint density at radius 3 is 2.58 bits per heavy atom. The first kappa shape index (κ1) is 20.0. The molecule has 0 bridgehead atoms. The number of aromatic nitrogens is 2. The Kier molecular flexibility index (Phi) is 4.76. The molecular formula is C25H31N5O. The summed E-state index contributed by atoms with van der Waals surface area (Å²) < 4.78 is 0. The van der Waals surface area contributed by atoms with Crippen molar-refractivity contribution in [2.75, 3.05) is 29.0 Å². The van der Waals surface area contributed by atoms with Crippen LogP contribution in [0, 0.1) is 12.3 Å². The number of ketones is 1. The van der Waals surface area contributed by atoms with Crippen LogP contribution in [0.2, 0.25) is 0 Å². The zero-order valence-corrected chi connectivity index (χ0v) is 18.7. The van der Waals surface area contributed by atoms with Crippen molar-refractivity contribution >= 4 is 23.4 Å². The normalized spacial score (nSPS) is 22.6. The minimum atomic E-state index is -0.230. The van der Waals surface area contributed by atoms with Gasteiger partial charge in [-0.05, 0) is 49.1 Å². The Labute approximate surface area is 184 Å². The maximum absolute atomic E-state index is 13.4. The molecule has 0 radical (unpaired) electrons. The van der Waals surface area contributed by atoms with Crippen LogP contribution in [0.25, 0.3) is 0 Å². The third kappa shape index (κ3) is 3.48. The molecule has 162 valence electrons. The molecule has 1 fully saturated rings. The molecule has 2 aliphatic heterocycles. The zero-order valence-electron chi connectivity index (χ0n) is 18.7. The van der Waals surface area contributed by atoms with Crippen molar-refractivity contribution in [1.82, 2.24) is 9.97 Å². The van der Waals surface area contributed by atoms with E-state index in [1.807, 2.05) is 12.1 Å². The number of rotatable bonds is 2. The number of hydrogen-bond acceptors (Lipinski definition) is 6. The predicted molar refractivity (Wildman–Crippen MR) is 124 cm³/mol. The Morgan fingerprint density at radius 1 is 1.10 bits per heavy atom. The fourth-order valence-corrected chi connectivity index (χ4v) is 5.38. The molecular weight excluding hydrogens is 386 g/mol. The van der Waals surface area contributed by atoms with Crippen molar-refractivity contribution in [3.8, 4) is 0 Å². The average Bonchev–Trinajstić information content (AvgIpc) is 2.72. The summed E-state index contributed by atoms with van der Waals surface area (Å²) in [7, 11) is 0. The van der Waals surface area contributed by atoms with E-state index < -0.39 is 0 Å². The van der Waals surface area contributed by atoms with Gasteiger partial charge in [0.05, 0.1) is 0 Å². The molecule has 1 aliphatic carbocycles. The molecule has 2 aromatic rings. The third-order valence-electron chi connectivity index (χ3n) is 6.87. The van der Waals surface area contributed by atoms with Crippen molar-refractivity contribution in [1.29, 1.82) is 0 Å². The van der Waals surface area contributed by atoms with E-state index in [2.05, 4.69) is 43.1 Å². The summed E-state index contributed by atoms with van der Waals surface area (Å²) in [5.41, 5.74) is 11.4. The van der Waals surface area contributed by atoms with Crippen LogP contribution >= 0.6 is 0 Å². The van der Waals surface area contributed by atoms with Crippen LogP contribution in [0.3, 0.4) is 0 Å². The van der Waals surface area contributed by atoms with Gasteiger partial charge in [-0.25, -0.2) is 0 Å². The molecule has 0 unspecified atom stereocenters. The standard InChI is InChI=1S/C25H31N5O/c1-15-9-5-6-10-16(15)19-20-17(13-25(2,3)14-18(20)31)27-23-21(19)22(26)28-24(29-23)30-11-7-4-8-12-30/h5-6,9-10,19H,4,7-8,11-14H2,1-3H3,(H3,26,27,28,29)/t19-/m0/s1. The molecule has 31 heavy (non-hydrogen) atoms. The van der Waals surface area contributed by atoms with Gasteiger partial charge < -0.3 is 16.0 Å². The highest BCUT2D eigenvalue weighted by atomic mass is 16.1. The first-order valence-electron chi connectivity index (χ1n) is 11.4. The van der Waals surface area contributed by atoms with Gasteiger partial charge >= 0.3 is 0 Å². The second kappa shape index (κ2) is 7.36. The summed E-state index contributed by atoms with van der Waals surface area (Å²) in [6.45, 7) is 8.32. The molecule has 6 heteroatoms. The monoisotopic (exact) mass is 417 g/mol. The van der Waals surface area contributed by atoms with Gasteiger partial charge in [-0.3, -0.25) is 4.79 Å². The van der Waals surface area contributed by atoms with Crippen molar-refractivity contribution in [2.24, 2.45) is 5.41 Å². The summed E-state index contributed by atoms with van der Waals surface area (Å²) in [4.78, 5) is 25.3. The average molecular weight is 418 g/mol. The van der Waals surface area contributed by atoms with E-state index >= 15 is 0 Å². The van der Waals surface area contributed by atoms with E-state index in [0.29, 0.717) is 18.2 Å². The van der Waals surface area contributed by atoms with E-state index in [1.54, 1.807) is 0 Å². The van der Waals surface area contributed by atoms with E-state index in [0.717, 1.165) is 66.1 Å². The number of allylic oxidation sites excluding steroid dienone is 2. The van der Waals surface area contributed by atoms with Crippen molar-refractivity contribution in [3.05, 3.63) is 52.2 Å². The number of Topliss-reactive ketones (excluding diaryl/α,β-unsaturated/α-hetero) is 1. The quantitative estimate of drug-likeness (QED) is 0.745. The smallest absolute Gasteiger partial charge is 0.229 e. The number of nitrogens with two attached hydrogens (primary N) is 1. The SMILES string of the molecule is Cc1ccccc1[C@H]1C2=C(CC(C)(C)CC2=O)Nc2nc(N3CCCCC3)nc(N)c21. The first-order chi connectivity index (χ1) is 14.8. The van der Waals surface area contributed by atoms with E-state index in [4.69, 9.17) is 15.7 Å². The van der Waals surface area contributed by atoms with Gasteiger partial charge in [-0.2, -0.15) is 9.97 Å². The highest BCUT2D eigenvalue weighted by molar-refractivity contribution is 6.02. The number of nitrogens with one attached hydrogen (secondary N) is 1. The number of anilines is 3. The first-order valence-corrected chi connectivity index (χ1v) is 11.4. The summed E-state index contributed by atoms with van der Waals surface area (Å²) >= 11 is 0. The Hall–Kier alpha value is -2.89. The summed E-state index contributed by atoms with van der Waals surface area (Å²) in [5, 5.41) is 3.53. The number of fused-ring (bicyclic) bond motifs is 1. The lowest BCUT2D eigenvalue weighted by molar-refractivity contribution is -0.118. The highest BCUT2D eigenvalue weighted by Gasteiger charge is 2.42. The lowest BCUT2D eigenvalue weighted by Gasteiger charge is -2.40. The predicted octanol–water partition coefficient (Wildman–Crippen LogP) is 4.56. The Balaban J connectivity index is 1.69. The Morgan fingerprint density at radius 2 is 1.84 bits per heavy atom. The van der Waals surface area contributed by atoms with Gasteiger partial charge in [0.15, 0.2) is 5.78 Å². The van der Waals surface area contributed by atoms with Crippen molar-refractivity contribution < 1.29 is 4.79 Å². The van der Waals surface area contributed by atoms with Crippen LogP contribution < -0.4 is 16.0 Å². The molecule has 0 amide bonds. The van der Waals surface area contributed by atoms with Gasteiger partial charge in [0.1, 0.15) is 11.6 Å². The lowest BCUT2D eigenvalue weighted by atomic mass is 9.68. The maximum atomic E-state index is 13.4. The molecule has 3 aliphatic rings. The number of nitrogens with zero attached hydrogens (tertiary/aromatic N) is 3. The van der Waals surface area contributed by atoms with E-state index in [9.17, 15) is 4.79 Å². The van der Waals surface area contributed by atoms with Gasteiger partial charge in [-0.15, -0.1) is 0 Å². The molecule has 0 spiro atoms. The van der Waals surface area contributed by atoms with Crippen molar-refractivity contribution in [2.45, 2.75) is 58.8 Å². The fraction of sp³-hybridized carbons (Fsp3) is 0.480. The second-order valence-corrected chi connectivity index (χ2v) is 9.97. The largest absolute Gasteiger partial charge is 0.383 e. The summed E-state index contributed by atoms with van der Waals surface area (Å²) in [5.74, 6) is 1.88. The molecule has 1 saturated heterocycles. The topological polar surface area (TPSA) is 84.1 Å². The van der Waals surface area contributed by atoms with Gasteiger partial charge in [0.25, 0.3) is 0 Å². The molecule has 3 heterocycles. The van der Waals surface area contributed by atoms with Crippen LogP contribution in [0.5, 0.6) is 0 Å². The summed E-state index contributed by atoms with van der Waals surface area (Å²) in [6.07, 6.45) is 4.91. The maximum Gasteiger partial charge on any atom is 0.229 e. The zero-order chi connectivity index (χ0) is 21.8. The van der Waals surface area contributed by atoms with E-state index in [-0.39, 0.29) is 17.1 Å². The van der Waals surface area contributed by atoms with Crippen molar-refractivity contribution in [3.63, 3.8) is 0 Å². The van der Waals surface area contributed by atoms with Crippen LogP contribution in [0.1, 0.15) is 68.6 Å². The van der Waals surface area contributed by atoms with Gasteiger partial charge in [0, 0.05) is 42.3 Å². The molecule has 1 aromatic heterocycles. The minimum Gasteiger partial charge on any atom is -0.383 e. The van der Waals surface area contributed by atoms with Crippen LogP contribution in [0.15, 0.2) is 35.5 Å². The minimum absolute atomic E-state index is 0.0784. The molecule has 6 nitrogen and oxygen atoms in total. The fourth-order valence-electron chi connectivity index (χ4n) is 5.38. The van der Waals surface area contributed by atoms with Crippen LogP contribution in [-0.2, 0) is 4.79 Å². The summed E-state index contributed by atoms with van der Waals surface area (Å²) in [6, 6.07) is 8.25. The molecule has 1 atom stereocenters. The lowest BCUT2D eigenvalue weighted by Crippen LogP contribution is -2.36. The molecule has 0 saturated carbocycles. The third-order valence-corrected chi connectivity index (χ3v) is 6.87. The molecule has 3 N–H and O–H groups in total. The van der Waals surface area contributed by atoms with Crippen LogP contribution in [0.4, 0.5) is 17.6 Å². The number of carbonyl (C=O) groups excluding carboxylic acids is 1. The van der Waals surface area contributed by atoms with Gasteiger partial charge in [-0.1, -0.05) is 38.1 Å². The number of nitrogen functional groups attached to an aromatic ring is 1. The second-order valence-electron chi connectivity index (χ2n) is 9.97. The number of hydrogen-bond donors (Lipinski definition) is 2. The molecule has 1 aromatic carbocycles. The van der Waals surface area contributed by atoms with Crippen LogP contribution in [-0.4, -0.2) is 28.8 Å². The Bertz CT molecular complexity index is 1080. The number of benzene rings is 1.